The van der Waals surface area contributed by atoms with E-state index in [0.717, 1.165) is 31.6 Å². The monoisotopic (exact) mass is 384 g/mol. The van der Waals surface area contributed by atoms with Crippen LogP contribution in [0.5, 0.6) is 0 Å². The van der Waals surface area contributed by atoms with Crippen molar-refractivity contribution in [2.75, 3.05) is 13.1 Å². The molecule has 5 heteroatoms. The molecule has 3 aromatic rings. The van der Waals surface area contributed by atoms with Crippen LogP contribution in [-0.2, 0) is 13.0 Å². The third kappa shape index (κ3) is 3.87. The summed E-state index contributed by atoms with van der Waals surface area (Å²) in [7, 11) is 0. The minimum Gasteiger partial charge on any atom is -0.478 e. The average molecular weight is 385 g/mol. The van der Waals surface area contributed by atoms with Crippen LogP contribution in [-0.4, -0.2) is 28.7 Å². The summed E-state index contributed by atoms with van der Waals surface area (Å²) in [5, 5.41) is 13.8. The minimum absolute atomic E-state index is 0. The van der Waals surface area contributed by atoms with Crippen molar-refractivity contribution in [1.82, 2.24) is 9.88 Å². The van der Waals surface area contributed by atoms with Gasteiger partial charge in [-0.25, -0.2) is 4.79 Å². The summed E-state index contributed by atoms with van der Waals surface area (Å²) in [6.45, 7) is 5.48. The number of rotatable bonds is 5. The zero-order valence-corrected chi connectivity index (χ0v) is 16.3. The van der Waals surface area contributed by atoms with Crippen LogP contribution >= 0.6 is 12.4 Å². The zero-order chi connectivity index (χ0) is 18.1. The summed E-state index contributed by atoms with van der Waals surface area (Å²) in [6, 6.07) is 15.9. The summed E-state index contributed by atoms with van der Waals surface area (Å²) >= 11 is 0. The van der Waals surface area contributed by atoms with Gasteiger partial charge in [0.1, 0.15) is 0 Å². The number of hydrogen-bond donors (Lipinski definition) is 2. The average Bonchev–Trinajstić information content (AvgIpc) is 3.25. The molecule has 0 spiro atoms. The Bertz CT molecular complexity index is 941. The predicted molar refractivity (Wildman–Crippen MR) is 111 cm³/mol. The van der Waals surface area contributed by atoms with E-state index in [-0.39, 0.29) is 12.4 Å². The first-order valence-corrected chi connectivity index (χ1v) is 9.23. The molecular formula is C22H25ClN2O2. The summed E-state index contributed by atoms with van der Waals surface area (Å²) < 4.78 is 2.47. The molecule has 142 valence electrons. The lowest BCUT2D eigenvalue weighted by Crippen LogP contribution is -2.15. The van der Waals surface area contributed by atoms with Crippen molar-refractivity contribution in [3.05, 3.63) is 70.9 Å². The molecule has 0 amide bonds. The molecule has 1 aromatic heterocycles. The number of carbonyl (C=O) groups is 1. The topological polar surface area (TPSA) is 54.3 Å². The largest absolute Gasteiger partial charge is 0.478 e. The maximum atomic E-state index is 11.1. The number of fused-ring (bicyclic) bond motifs is 1. The number of para-hydroxylation sites is 1. The molecule has 2 aromatic carbocycles. The molecule has 4 rings (SSSR count). The fourth-order valence-corrected chi connectivity index (χ4v) is 4.06. The van der Waals surface area contributed by atoms with Gasteiger partial charge in [-0.15, -0.1) is 12.4 Å². The minimum atomic E-state index is -0.880. The number of carboxylic acid groups (broad SMARTS) is 1. The number of halogens is 1. The second-order valence-corrected chi connectivity index (χ2v) is 7.23. The van der Waals surface area contributed by atoms with Crippen molar-refractivity contribution in [1.29, 1.82) is 0 Å². The highest BCUT2D eigenvalue weighted by atomic mass is 35.5. The molecule has 2 N–H and O–H groups in total. The van der Waals surface area contributed by atoms with Gasteiger partial charge in [-0.3, -0.25) is 0 Å². The van der Waals surface area contributed by atoms with Crippen LogP contribution < -0.4 is 5.32 Å². The second kappa shape index (κ2) is 8.15. The lowest BCUT2D eigenvalue weighted by molar-refractivity contribution is 0.0697. The van der Waals surface area contributed by atoms with E-state index >= 15 is 0 Å². The van der Waals surface area contributed by atoms with E-state index in [1.807, 2.05) is 12.1 Å². The first-order valence-electron chi connectivity index (χ1n) is 9.23. The van der Waals surface area contributed by atoms with Crippen LogP contribution in [0.1, 0.15) is 33.6 Å². The van der Waals surface area contributed by atoms with Gasteiger partial charge in [-0.2, -0.15) is 0 Å². The fourth-order valence-electron chi connectivity index (χ4n) is 4.06. The highest BCUT2D eigenvalue weighted by Gasteiger charge is 2.20. The SMILES string of the molecule is Cc1c(Cc2ccc(C(=O)O)cc2)c2ccccc2n1CC1CCNC1.Cl. The van der Waals surface area contributed by atoms with Crippen molar-refractivity contribution in [2.45, 2.75) is 26.3 Å². The Morgan fingerprint density at radius 2 is 1.93 bits per heavy atom. The van der Waals surface area contributed by atoms with Gasteiger partial charge in [0.2, 0.25) is 0 Å². The molecule has 1 aliphatic rings. The Labute approximate surface area is 165 Å². The van der Waals surface area contributed by atoms with Crippen molar-refractivity contribution < 1.29 is 9.90 Å². The molecule has 0 aliphatic carbocycles. The molecule has 1 aliphatic heterocycles. The van der Waals surface area contributed by atoms with E-state index in [2.05, 4.69) is 41.1 Å². The van der Waals surface area contributed by atoms with E-state index in [1.165, 1.54) is 28.6 Å². The molecule has 0 radical (unpaired) electrons. The van der Waals surface area contributed by atoms with Crippen molar-refractivity contribution in [3.63, 3.8) is 0 Å². The van der Waals surface area contributed by atoms with E-state index in [0.29, 0.717) is 11.5 Å². The van der Waals surface area contributed by atoms with Gasteiger partial charge in [-0.1, -0.05) is 30.3 Å². The van der Waals surface area contributed by atoms with E-state index in [1.54, 1.807) is 12.1 Å². The molecule has 1 unspecified atom stereocenters. The molecule has 4 nitrogen and oxygen atoms in total. The number of benzene rings is 2. The highest BCUT2D eigenvalue weighted by Crippen LogP contribution is 2.29. The Balaban J connectivity index is 0.00000210. The summed E-state index contributed by atoms with van der Waals surface area (Å²) in [5.74, 6) is -0.193. The van der Waals surface area contributed by atoms with Gasteiger partial charge >= 0.3 is 5.97 Å². The Morgan fingerprint density at radius 1 is 1.19 bits per heavy atom. The van der Waals surface area contributed by atoms with Gasteiger partial charge in [-0.05, 0) is 68.1 Å². The van der Waals surface area contributed by atoms with Gasteiger partial charge < -0.3 is 15.0 Å². The third-order valence-corrected chi connectivity index (χ3v) is 5.55. The smallest absolute Gasteiger partial charge is 0.335 e. The number of aromatic nitrogens is 1. The Morgan fingerprint density at radius 3 is 2.59 bits per heavy atom. The molecule has 1 atom stereocenters. The molecule has 27 heavy (non-hydrogen) atoms. The highest BCUT2D eigenvalue weighted by molar-refractivity contribution is 5.88. The maximum absolute atomic E-state index is 11.1. The Kier molecular flexibility index (Phi) is 5.88. The maximum Gasteiger partial charge on any atom is 0.335 e. The first kappa shape index (κ1) is 19.5. The molecule has 1 fully saturated rings. The van der Waals surface area contributed by atoms with Crippen molar-refractivity contribution in [2.24, 2.45) is 5.92 Å². The molecular weight excluding hydrogens is 360 g/mol. The van der Waals surface area contributed by atoms with Gasteiger partial charge in [0.15, 0.2) is 0 Å². The Hall–Kier alpha value is -2.30. The van der Waals surface area contributed by atoms with E-state index in [4.69, 9.17) is 5.11 Å². The quantitative estimate of drug-likeness (QED) is 0.690. The van der Waals surface area contributed by atoms with Crippen LogP contribution in [0.4, 0.5) is 0 Å². The van der Waals surface area contributed by atoms with Crippen LogP contribution in [0.15, 0.2) is 48.5 Å². The number of aromatic carboxylic acids is 1. The molecule has 0 bridgehead atoms. The van der Waals surface area contributed by atoms with Crippen molar-refractivity contribution in [3.8, 4) is 0 Å². The molecule has 2 heterocycles. The zero-order valence-electron chi connectivity index (χ0n) is 15.4. The van der Waals surface area contributed by atoms with E-state index in [9.17, 15) is 4.79 Å². The van der Waals surface area contributed by atoms with Crippen LogP contribution in [0.25, 0.3) is 10.9 Å². The normalized spacial score (nSPS) is 16.4. The molecule has 1 saturated heterocycles. The van der Waals surface area contributed by atoms with E-state index < -0.39 is 5.97 Å². The molecule has 0 saturated carbocycles. The lowest BCUT2D eigenvalue weighted by Gasteiger charge is -2.14. The summed E-state index contributed by atoms with van der Waals surface area (Å²) in [4.78, 5) is 11.1. The second-order valence-electron chi connectivity index (χ2n) is 7.23. The summed E-state index contributed by atoms with van der Waals surface area (Å²) in [6.07, 6.45) is 2.06. The van der Waals surface area contributed by atoms with Gasteiger partial charge in [0.25, 0.3) is 0 Å². The lowest BCUT2D eigenvalue weighted by atomic mass is 10.0. The number of nitrogens with zero attached hydrogens (tertiary/aromatic N) is 1. The summed E-state index contributed by atoms with van der Waals surface area (Å²) in [5.41, 5.74) is 5.44. The standard InChI is InChI=1S/C22H24N2O2.ClH/c1-15-20(12-16-6-8-18(9-7-16)22(25)26)19-4-2-3-5-21(19)24(15)14-17-10-11-23-13-17;/h2-9,17,23H,10-14H2,1H3,(H,25,26);1H. The first-order chi connectivity index (χ1) is 12.6. The van der Waals surface area contributed by atoms with Crippen LogP contribution in [0, 0.1) is 12.8 Å². The van der Waals surface area contributed by atoms with Crippen LogP contribution in [0.3, 0.4) is 0 Å². The number of carboxylic acids is 1. The fraction of sp³-hybridized carbons (Fsp3) is 0.318. The van der Waals surface area contributed by atoms with Crippen LogP contribution in [0.2, 0.25) is 0 Å². The third-order valence-electron chi connectivity index (χ3n) is 5.55. The predicted octanol–water partition coefficient (Wildman–Crippen LogP) is 4.27. The number of nitrogens with one attached hydrogen (secondary N) is 1. The van der Waals surface area contributed by atoms with Gasteiger partial charge in [0, 0.05) is 23.1 Å². The van der Waals surface area contributed by atoms with Crippen molar-refractivity contribution >= 4 is 29.3 Å². The number of hydrogen-bond acceptors (Lipinski definition) is 2. The van der Waals surface area contributed by atoms with Gasteiger partial charge in [0.05, 0.1) is 5.56 Å².